The second kappa shape index (κ2) is 4.77. The average Bonchev–Trinajstić information content (AvgIpc) is 2.56. The van der Waals surface area contributed by atoms with Gasteiger partial charge in [-0.2, -0.15) is 0 Å². The fourth-order valence-electron chi connectivity index (χ4n) is 2.21. The molecule has 1 fully saturated rings. The van der Waals surface area contributed by atoms with Crippen LogP contribution in [-0.2, 0) is 6.42 Å². The molecule has 0 bridgehead atoms. The second-order valence-corrected chi connectivity index (χ2v) is 6.67. The molecule has 1 aliphatic carbocycles. The molecule has 2 rings (SSSR count). The third-order valence-electron chi connectivity index (χ3n) is 3.06. The highest BCUT2D eigenvalue weighted by molar-refractivity contribution is 9.11. The summed E-state index contributed by atoms with van der Waals surface area (Å²) in [5.41, 5.74) is 6.13. The fraction of sp³-hybridized carbons (Fsp3) is 0.636. The molecule has 0 saturated heterocycles. The molecule has 0 aliphatic heterocycles. The van der Waals surface area contributed by atoms with Gasteiger partial charge in [0.05, 0.1) is 3.79 Å². The van der Waals surface area contributed by atoms with Gasteiger partial charge in [-0.05, 0) is 53.2 Å². The first-order valence-corrected chi connectivity index (χ1v) is 6.86. The van der Waals surface area contributed by atoms with E-state index in [1.807, 2.05) is 11.3 Å². The van der Waals surface area contributed by atoms with Crippen LogP contribution >= 0.6 is 27.3 Å². The summed E-state index contributed by atoms with van der Waals surface area (Å²) < 4.78 is 1.23. The van der Waals surface area contributed by atoms with Gasteiger partial charge < -0.3 is 5.73 Å². The second-order valence-electron chi connectivity index (χ2n) is 4.12. The average molecular weight is 274 g/mol. The molecule has 1 nitrogen and oxygen atoms in total. The number of nitrogens with two attached hydrogens (primary N) is 1. The van der Waals surface area contributed by atoms with E-state index in [1.54, 1.807) is 0 Å². The molecule has 78 valence electrons. The highest BCUT2D eigenvalue weighted by atomic mass is 79.9. The van der Waals surface area contributed by atoms with E-state index in [0.717, 1.165) is 0 Å². The van der Waals surface area contributed by atoms with Gasteiger partial charge in [0.25, 0.3) is 0 Å². The van der Waals surface area contributed by atoms with Crippen LogP contribution in [0.3, 0.4) is 0 Å². The van der Waals surface area contributed by atoms with Crippen molar-refractivity contribution >= 4 is 27.3 Å². The molecular formula is C11H16BrNS. The smallest absolute Gasteiger partial charge is 0.0701 e. The Morgan fingerprint density at radius 3 is 2.79 bits per heavy atom. The van der Waals surface area contributed by atoms with Crippen molar-refractivity contribution in [2.45, 2.75) is 38.1 Å². The lowest BCUT2D eigenvalue weighted by atomic mass is 9.83. The zero-order valence-corrected chi connectivity index (χ0v) is 10.6. The molecule has 3 heteroatoms. The fourth-order valence-corrected chi connectivity index (χ4v) is 3.79. The molecule has 1 saturated carbocycles. The Hall–Kier alpha value is 0.140. The van der Waals surface area contributed by atoms with Gasteiger partial charge in [0, 0.05) is 10.9 Å². The van der Waals surface area contributed by atoms with Crippen molar-refractivity contribution in [3.63, 3.8) is 0 Å². The van der Waals surface area contributed by atoms with Crippen molar-refractivity contribution in [2.75, 3.05) is 0 Å². The first kappa shape index (κ1) is 10.7. The van der Waals surface area contributed by atoms with Crippen LogP contribution in [-0.4, -0.2) is 6.04 Å². The quantitative estimate of drug-likeness (QED) is 0.876. The first-order valence-electron chi connectivity index (χ1n) is 5.25. The Kier molecular flexibility index (Phi) is 3.63. The number of halogens is 1. The normalized spacial score (nSPS) is 27.9. The molecule has 2 N–H and O–H groups in total. The van der Waals surface area contributed by atoms with Crippen molar-refractivity contribution in [3.8, 4) is 0 Å². The van der Waals surface area contributed by atoms with E-state index < -0.39 is 0 Å². The molecule has 0 aromatic carbocycles. The van der Waals surface area contributed by atoms with E-state index in [1.165, 1.54) is 40.8 Å². The summed E-state index contributed by atoms with van der Waals surface area (Å²) >= 11 is 5.34. The van der Waals surface area contributed by atoms with Gasteiger partial charge in [-0.25, -0.2) is 0 Å². The van der Waals surface area contributed by atoms with E-state index >= 15 is 0 Å². The maximum Gasteiger partial charge on any atom is 0.0701 e. The summed E-state index contributed by atoms with van der Waals surface area (Å²) in [6.45, 7) is 0. The first-order chi connectivity index (χ1) is 6.75. The minimum atomic E-state index is 0.435. The van der Waals surface area contributed by atoms with Crippen molar-refractivity contribution in [1.82, 2.24) is 0 Å². The predicted octanol–water partition coefficient (Wildman–Crippen LogP) is 3.57. The summed E-state index contributed by atoms with van der Waals surface area (Å²) in [6.07, 6.45) is 6.40. The summed E-state index contributed by atoms with van der Waals surface area (Å²) in [6, 6.07) is 4.79. The van der Waals surface area contributed by atoms with Crippen LogP contribution in [0.2, 0.25) is 0 Å². The number of rotatable bonds is 2. The Labute approximate surface area is 97.8 Å². The molecule has 1 aliphatic rings. The van der Waals surface area contributed by atoms with Gasteiger partial charge in [-0.3, -0.25) is 0 Å². The lowest BCUT2D eigenvalue weighted by molar-refractivity contribution is 0.308. The molecule has 0 spiro atoms. The van der Waals surface area contributed by atoms with E-state index in [-0.39, 0.29) is 0 Å². The molecule has 0 radical (unpaired) electrons. The van der Waals surface area contributed by atoms with Crippen molar-refractivity contribution < 1.29 is 0 Å². The Morgan fingerprint density at radius 1 is 1.36 bits per heavy atom. The lowest BCUT2D eigenvalue weighted by Crippen LogP contribution is -2.34. The Morgan fingerprint density at radius 2 is 2.14 bits per heavy atom. The summed E-state index contributed by atoms with van der Waals surface area (Å²) in [4.78, 5) is 1.47. The van der Waals surface area contributed by atoms with E-state index in [4.69, 9.17) is 5.73 Å². The van der Waals surface area contributed by atoms with Crippen molar-refractivity contribution in [1.29, 1.82) is 0 Å². The largest absolute Gasteiger partial charge is 0.327 e. The third kappa shape index (κ3) is 2.59. The van der Waals surface area contributed by atoms with E-state index in [2.05, 4.69) is 28.1 Å². The van der Waals surface area contributed by atoms with Gasteiger partial charge in [-0.1, -0.05) is 12.8 Å². The molecule has 1 aromatic heterocycles. The SMILES string of the molecule is NC1CCCCC1Cc1ccc(Br)s1. The zero-order chi connectivity index (χ0) is 9.97. The molecule has 2 atom stereocenters. The van der Waals surface area contributed by atoms with Crippen LogP contribution in [0.15, 0.2) is 15.9 Å². The van der Waals surface area contributed by atoms with Crippen LogP contribution in [0.4, 0.5) is 0 Å². The van der Waals surface area contributed by atoms with E-state index in [0.29, 0.717) is 12.0 Å². The van der Waals surface area contributed by atoms with Crippen molar-refractivity contribution in [2.24, 2.45) is 11.7 Å². The highest BCUT2D eigenvalue weighted by Gasteiger charge is 2.22. The Balaban J connectivity index is 1.95. The number of hydrogen-bond acceptors (Lipinski definition) is 2. The van der Waals surface area contributed by atoms with Gasteiger partial charge in [-0.15, -0.1) is 11.3 Å². The molecule has 0 amide bonds. The predicted molar refractivity (Wildman–Crippen MR) is 65.7 cm³/mol. The minimum Gasteiger partial charge on any atom is -0.327 e. The highest BCUT2D eigenvalue weighted by Crippen LogP contribution is 2.30. The van der Waals surface area contributed by atoms with E-state index in [9.17, 15) is 0 Å². The maximum absolute atomic E-state index is 6.13. The zero-order valence-electron chi connectivity index (χ0n) is 8.21. The van der Waals surface area contributed by atoms with Gasteiger partial charge in [0.1, 0.15) is 0 Å². The summed E-state index contributed by atoms with van der Waals surface area (Å²) in [5, 5.41) is 0. The lowest BCUT2D eigenvalue weighted by Gasteiger charge is -2.28. The van der Waals surface area contributed by atoms with Crippen LogP contribution in [0.1, 0.15) is 30.6 Å². The van der Waals surface area contributed by atoms with Gasteiger partial charge in [0.15, 0.2) is 0 Å². The number of thiophene rings is 1. The topological polar surface area (TPSA) is 26.0 Å². The summed E-state index contributed by atoms with van der Waals surface area (Å²) in [7, 11) is 0. The van der Waals surface area contributed by atoms with Crippen LogP contribution in [0, 0.1) is 5.92 Å². The van der Waals surface area contributed by atoms with Crippen LogP contribution < -0.4 is 5.73 Å². The molecule has 1 aromatic rings. The maximum atomic E-state index is 6.13. The van der Waals surface area contributed by atoms with Crippen molar-refractivity contribution in [3.05, 3.63) is 20.8 Å². The Bertz CT molecular complexity index is 297. The standard InChI is InChI=1S/C11H16BrNS/c12-11-6-5-9(14-11)7-8-3-1-2-4-10(8)13/h5-6,8,10H,1-4,7,13H2. The van der Waals surface area contributed by atoms with Gasteiger partial charge >= 0.3 is 0 Å². The molecule has 14 heavy (non-hydrogen) atoms. The summed E-state index contributed by atoms with van der Waals surface area (Å²) in [5.74, 6) is 0.717. The number of hydrogen-bond donors (Lipinski definition) is 1. The minimum absolute atomic E-state index is 0.435. The van der Waals surface area contributed by atoms with Crippen LogP contribution in [0.5, 0.6) is 0 Å². The van der Waals surface area contributed by atoms with Gasteiger partial charge in [0.2, 0.25) is 0 Å². The molecular weight excluding hydrogens is 258 g/mol. The monoisotopic (exact) mass is 273 g/mol. The third-order valence-corrected chi connectivity index (χ3v) is 4.71. The molecule has 2 unspecified atom stereocenters. The molecule has 1 heterocycles. The van der Waals surface area contributed by atoms with Crippen LogP contribution in [0.25, 0.3) is 0 Å².